The van der Waals surface area contributed by atoms with Crippen molar-refractivity contribution in [1.82, 2.24) is 0 Å². The van der Waals surface area contributed by atoms with Crippen LogP contribution < -0.4 is 10.3 Å². The van der Waals surface area contributed by atoms with E-state index < -0.39 is 6.04 Å². The zero-order chi connectivity index (χ0) is 21.9. The zero-order valence-electron chi connectivity index (χ0n) is 18.0. The minimum Gasteiger partial charge on any atom is -0.450 e. The zero-order valence-corrected chi connectivity index (χ0v) is 18.0. The molecule has 0 bridgehead atoms. The molecule has 0 fully saturated rings. The summed E-state index contributed by atoms with van der Waals surface area (Å²) in [4.78, 5) is 28.9. The van der Waals surface area contributed by atoms with Gasteiger partial charge in [0.15, 0.2) is 5.43 Å². The Balaban J connectivity index is 1.82. The molecular weight excluding hydrogens is 386 g/mol. The molecule has 1 aromatic heterocycles. The van der Waals surface area contributed by atoms with Crippen LogP contribution in [0, 0.1) is 27.7 Å². The first-order chi connectivity index (χ1) is 14.8. The summed E-state index contributed by atoms with van der Waals surface area (Å²) in [5.41, 5.74) is 6.66. The van der Waals surface area contributed by atoms with Gasteiger partial charge in [0, 0.05) is 5.69 Å². The average molecular weight is 409 g/mol. The van der Waals surface area contributed by atoms with Gasteiger partial charge < -0.3 is 4.42 Å². The number of amides is 1. The van der Waals surface area contributed by atoms with E-state index in [4.69, 9.17) is 4.42 Å². The molecule has 154 valence electrons. The van der Waals surface area contributed by atoms with Crippen molar-refractivity contribution in [2.24, 2.45) is 0 Å². The Morgan fingerprint density at radius 3 is 2.19 bits per heavy atom. The first kappa shape index (κ1) is 19.3. The lowest BCUT2D eigenvalue weighted by molar-refractivity contribution is 0.0971. The summed E-state index contributed by atoms with van der Waals surface area (Å²) < 4.78 is 6.04. The number of carbonyl (C=O) groups excluding carboxylic acids is 1. The third-order valence-electron chi connectivity index (χ3n) is 6.19. The van der Waals surface area contributed by atoms with E-state index in [0.29, 0.717) is 16.5 Å². The minimum atomic E-state index is -0.536. The van der Waals surface area contributed by atoms with Crippen LogP contribution >= 0.6 is 0 Å². The van der Waals surface area contributed by atoms with Gasteiger partial charge in [-0.05, 0) is 68.7 Å². The Labute approximate surface area is 180 Å². The number of rotatable bonds is 2. The molecule has 2 heterocycles. The third-order valence-corrected chi connectivity index (χ3v) is 6.19. The van der Waals surface area contributed by atoms with E-state index in [-0.39, 0.29) is 17.1 Å². The highest BCUT2D eigenvalue weighted by molar-refractivity contribution is 6.10. The standard InChI is InChI=1S/C27H23NO3/c1-15-5-9-19(10-6-15)24-23-25(29)21-13-16(2)7-12-22(21)31-26(23)27(30)28(24)20-11-8-17(3)18(4)14-20/h5-14,24H,1-4H3. The van der Waals surface area contributed by atoms with Crippen molar-refractivity contribution in [1.29, 1.82) is 0 Å². The SMILES string of the molecule is Cc1ccc(C2c3c(oc4ccc(C)cc4c3=O)C(=O)N2c2ccc(C)c(C)c2)cc1. The van der Waals surface area contributed by atoms with Crippen LogP contribution in [0.5, 0.6) is 0 Å². The molecule has 3 aromatic carbocycles. The fourth-order valence-corrected chi connectivity index (χ4v) is 4.29. The van der Waals surface area contributed by atoms with Crippen LogP contribution in [0.15, 0.2) is 69.9 Å². The Kier molecular flexibility index (Phi) is 4.33. The number of fused-ring (bicyclic) bond motifs is 2. The predicted octanol–water partition coefficient (Wildman–Crippen LogP) is 5.78. The molecule has 5 rings (SSSR count). The summed E-state index contributed by atoms with van der Waals surface area (Å²) in [6, 6.07) is 18.8. The summed E-state index contributed by atoms with van der Waals surface area (Å²) in [6.45, 7) is 8.02. The van der Waals surface area contributed by atoms with Gasteiger partial charge in [-0.15, -0.1) is 0 Å². The molecule has 0 radical (unpaired) electrons. The molecule has 0 saturated heterocycles. The first-order valence-corrected chi connectivity index (χ1v) is 10.4. The fraction of sp³-hybridized carbons (Fsp3) is 0.185. The molecule has 4 nitrogen and oxygen atoms in total. The summed E-state index contributed by atoms with van der Waals surface area (Å²) in [6.07, 6.45) is 0. The number of carbonyl (C=O) groups is 1. The van der Waals surface area contributed by atoms with E-state index >= 15 is 0 Å². The summed E-state index contributed by atoms with van der Waals surface area (Å²) in [5.74, 6) is -0.159. The molecule has 4 aromatic rings. The van der Waals surface area contributed by atoms with Crippen LogP contribution in [0.4, 0.5) is 5.69 Å². The second kappa shape index (κ2) is 6.95. The summed E-state index contributed by atoms with van der Waals surface area (Å²) in [7, 11) is 0. The molecule has 1 aliphatic rings. The van der Waals surface area contributed by atoms with Crippen molar-refractivity contribution in [3.05, 3.63) is 110 Å². The molecule has 1 aliphatic heterocycles. The molecular formula is C27H23NO3. The molecule has 1 amide bonds. The largest absolute Gasteiger partial charge is 0.450 e. The van der Waals surface area contributed by atoms with Gasteiger partial charge in [0.05, 0.1) is 17.0 Å². The quantitative estimate of drug-likeness (QED) is 0.422. The Morgan fingerprint density at radius 2 is 1.48 bits per heavy atom. The highest BCUT2D eigenvalue weighted by atomic mass is 16.3. The van der Waals surface area contributed by atoms with Gasteiger partial charge in [0.2, 0.25) is 5.76 Å². The maximum absolute atomic E-state index is 13.6. The second-order valence-corrected chi connectivity index (χ2v) is 8.43. The molecule has 1 unspecified atom stereocenters. The Bertz CT molecular complexity index is 1410. The number of benzene rings is 3. The van der Waals surface area contributed by atoms with Gasteiger partial charge >= 0.3 is 0 Å². The number of hydrogen-bond donors (Lipinski definition) is 0. The number of nitrogens with zero attached hydrogens (tertiary/aromatic N) is 1. The van der Waals surface area contributed by atoms with Gasteiger partial charge in [-0.2, -0.15) is 0 Å². The Hall–Kier alpha value is -3.66. The van der Waals surface area contributed by atoms with Crippen LogP contribution in [-0.2, 0) is 0 Å². The maximum atomic E-state index is 13.6. The lowest BCUT2D eigenvalue weighted by Crippen LogP contribution is -2.29. The highest BCUT2D eigenvalue weighted by Gasteiger charge is 2.43. The highest BCUT2D eigenvalue weighted by Crippen LogP contribution is 2.41. The average Bonchev–Trinajstić information content (AvgIpc) is 3.04. The van der Waals surface area contributed by atoms with Crippen molar-refractivity contribution in [2.45, 2.75) is 33.7 Å². The number of anilines is 1. The number of aryl methyl sites for hydroxylation is 4. The van der Waals surface area contributed by atoms with Gasteiger partial charge in [-0.1, -0.05) is 47.5 Å². The molecule has 0 N–H and O–H groups in total. The molecule has 0 saturated carbocycles. The van der Waals surface area contributed by atoms with Crippen LogP contribution in [0.25, 0.3) is 11.0 Å². The van der Waals surface area contributed by atoms with Crippen molar-refractivity contribution >= 4 is 22.6 Å². The Morgan fingerprint density at radius 1 is 0.774 bits per heavy atom. The monoisotopic (exact) mass is 409 g/mol. The lowest BCUT2D eigenvalue weighted by atomic mass is 9.97. The maximum Gasteiger partial charge on any atom is 0.295 e. The van der Waals surface area contributed by atoms with Crippen LogP contribution in [0.3, 0.4) is 0 Å². The van der Waals surface area contributed by atoms with Crippen molar-refractivity contribution in [3.8, 4) is 0 Å². The van der Waals surface area contributed by atoms with Crippen LogP contribution in [0.1, 0.15) is 50.0 Å². The van der Waals surface area contributed by atoms with Gasteiger partial charge in [0.1, 0.15) is 5.58 Å². The van der Waals surface area contributed by atoms with Crippen LogP contribution in [0.2, 0.25) is 0 Å². The smallest absolute Gasteiger partial charge is 0.295 e. The normalized spacial score (nSPS) is 15.5. The number of hydrogen-bond acceptors (Lipinski definition) is 3. The molecule has 4 heteroatoms. The minimum absolute atomic E-state index is 0.130. The third kappa shape index (κ3) is 2.98. The topological polar surface area (TPSA) is 50.5 Å². The van der Waals surface area contributed by atoms with E-state index in [1.165, 1.54) is 0 Å². The van der Waals surface area contributed by atoms with E-state index in [9.17, 15) is 9.59 Å². The predicted molar refractivity (Wildman–Crippen MR) is 123 cm³/mol. The van der Waals surface area contributed by atoms with Gasteiger partial charge in [0.25, 0.3) is 5.91 Å². The van der Waals surface area contributed by atoms with E-state index in [1.54, 1.807) is 11.0 Å². The lowest BCUT2D eigenvalue weighted by Gasteiger charge is -2.26. The van der Waals surface area contributed by atoms with Crippen LogP contribution in [-0.4, -0.2) is 5.91 Å². The molecule has 1 atom stereocenters. The van der Waals surface area contributed by atoms with Gasteiger partial charge in [-0.25, -0.2) is 0 Å². The molecule has 0 aliphatic carbocycles. The summed E-state index contributed by atoms with van der Waals surface area (Å²) in [5, 5.41) is 0.505. The molecule has 0 spiro atoms. The first-order valence-electron chi connectivity index (χ1n) is 10.4. The summed E-state index contributed by atoms with van der Waals surface area (Å²) >= 11 is 0. The van der Waals surface area contributed by atoms with E-state index in [1.807, 2.05) is 82.3 Å². The molecule has 31 heavy (non-hydrogen) atoms. The van der Waals surface area contributed by atoms with Crippen molar-refractivity contribution < 1.29 is 9.21 Å². The van der Waals surface area contributed by atoms with E-state index in [2.05, 4.69) is 0 Å². The second-order valence-electron chi connectivity index (χ2n) is 8.43. The van der Waals surface area contributed by atoms with Crippen molar-refractivity contribution in [3.63, 3.8) is 0 Å². The van der Waals surface area contributed by atoms with E-state index in [0.717, 1.165) is 33.5 Å². The van der Waals surface area contributed by atoms with Gasteiger partial charge in [-0.3, -0.25) is 14.5 Å². The van der Waals surface area contributed by atoms with Crippen molar-refractivity contribution in [2.75, 3.05) is 4.90 Å². The fourth-order valence-electron chi connectivity index (χ4n) is 4.29.